The molecule has 0 amide bonds. The largest absolute Gasteiger partial charge is 0.363 e. The summed E-state index contributed by atoms with van der Waals surface area (Å²) in [4.78, 5) is 12.2. The molecule has 1 atom stereocenters. The monoisotopic (exact) mass is 357 g/mol. The summed E-state index contributed by atoms with van der Waals surface area (Å²) in [5.74, 6) is 1.74. The Hall–Kier alpha value is -2.21. The van der Waals surface area contributed by atoms with E-state index in [-0.39, 0.29) is 0 Å². The van der Waals surface area contributed by atoms with Crippen molar-refractivity contribution in [1.29, 1.82) is 0 Å². The van der Waals surface area contributed by atoms with Crippen molar-refractivity contribution in [3.63, 3.8) is 0 Å². The third kappa shape index (κ3) is 6.66. The number of nitrogens with zero attached hydrogens (tertiary/aromatic N) is 3. The van der Waals surface area contributed by atoms with Gasteiger partial charge in [0.05, 0.1) is 12.2 Å². The quantitative estimate of drug-likeness (QED) is 0.453. The highest BCUT2D eigenvalue weighted by atomic mass is 32.2. The first-order chi connectivity index (χ1) is 12.1. The van der Waals surface area contributed by atoms with E-state index in [4.69, 9.17) is 0 Å². The van der Waals surface area contributed by atoms with Crippen LogP contribution in [-0.4, -0.2) is 43.9 Å². The molecule has 0 aliphatic heterocycles. The van der Waals surface area contributed by atoms with Gasteiger partial charge in [-0.1, -0.05) is 31.2 Å². The first-order valence-electron chi connectivity index (χ1n) is 8.38. The van der Waals surface area contributed by atoms with Gasteiger partial charge in [0.2, 0.25) is 0 Å². The SMILES string of the molecule is CN=C(NCc1cccc(N(C)C)n1)NCC(C)Sc1ccccc1. The summed E-state index contributed by atoms with van der Waals surface area (Å²) in [6, 6.07) is 16.5. The molecule has 0 saturated carbocycles. The van der Waals surface area contributed by atoms with Gasteiger partial charge >= 0.3 is 0 Å². The molecule has 0 spiro atoms. The van der Waals surface area contributed by atoms with Crippen LogP contribution in [0.5, 0.6) is 0 Å². The van der Waals surface area contributed by atoms with Crippen molar-refractivity contribution < 1.29 is 0 Å². The lowest BCUT2D eigenvalue weighted by atomic mass is 10.3. The van der Waals surface area contributed by atoms with Crippen LogP contribution in [0.3, 0.4) is 0 Å². The van der Waals surface area contributed by atoms with Crippen LogP contribution in [0.2, 0.25) is 0 Å². The molecule has 2 aromatic rings. The average molecular weight is 358 g/mol. The van der Waals surface area contributed by atoms with Crippen LogP contribution < -0.4 is 15.5 Å². The highest BCUT2D eigenvalue weighted by Crippen LogP contribution is 2.21. The molecule has 0 saturated heterocycles. The Balaban J connectivity index is 1.79. The molecule has 1 aromatic heterocycles. The molecular weight excluding hydrogens is 330 g/mol. The lowest BCUT2D eigenvalue weighted by molar-refractivity contribution is 0.779. The van der Waals surface area contributed by atoms with E-state index < -0.39 is 0 Å². The van der Waals surface area contributed by atoms with Crippen molar-refractivity contribution in [2.45, 2.75) is 23.6 Å². The molecular formula is C19H27N5S. The number of anilines is 1. The van der Waals surface area contributed by atoms with Crippen molar-refractivity contribution >= 4 is 23.5 Å². The van der Waals surface area contributed by atoms with Crippen LogP contribution in [0, 0.1) is 0 Å². The lowest BCUT2D eigenvalue weighted by Crippen LogP contribution is -2.39. The first kappa shape index (κ1) is 19.1. The summed E-state index contributed by atoms with van der Waals surface area (Å²) in [6.45, 7) is 3.69. The van der Waals surface area contributed by atoms with Gasteiger partial charge in [0.1, 0.15) is 5.82 Å². The van der Waals surface area contributed by atoms with Gasteiger partial charge < -0.3 is 15.5 Å². The molecule has 0 fully saturated rings. The Labute approximate surface area is 155 Å². The van der Waals surface area contributed by atoms with Crippen molar-refractivity contribution in [2.24, 2.45) is 4.99 Å². The molecule has 0 aliphatic carbocycles. The second kappa shape index (κ2) is 9.93. The second-order valence-corrected chi connectivity index (χ2v) is 7.44. The summed E-state index contributed by atoms with van der Waals surface area (Å²) in [7, 11) is 5.77. The normalized spacial score (nSPS) is 12.6. The van der Waals surface area contributed by atoms with Gasteiger partial charge in [-0.15, -0.1) is 11.8 Å². The van der Waals surface area contributed by atoms with Crippen LogP contribution in [-0.2, 0) is 6.54 Å². The van der Waals surface area contributed by atoms with Gasteiger partial charge in [-0.2, -0.15) is 0 Å². The van der Waals surface area contributed by atoms with Gasteiger partial charge in [-0.25, -0.2) is 4.98 Å². The number of nitrogens with one attached hydrogen (secondary N) is 2. The second-order valence-electron chi connectivity index (χ2n) is 5.93. The van der Waals surface area contributed by atoms with E-state index in [1.54, 1.807) is 7.05 Å². The maximum Gasteiger partial charge on any atom is 0.191 e. The van der Waals surface area contributed by atoms with Gasteiger partial charge in [0.25, 0.3) is 0 Å². The van der Waals surface area contributed by atoms with Crippen LogP contribution in [0.25, 0.3) is 0 Å². The van der Waals surface area contributed by atoms with Crippen LogP contribution in [0.1, 0.15) is 12.6 Å². The van der Waals surface area contributed by atoms with E-state index >= 15 is 0 Å². The molecule has 134 valence electrons. The molecule has 6 heteroatoms. The molecule has 2 N–H and O–H groups in total. The van der Waals surface area contributed by atoms with Gasteiger partial charge in [0, 0.05) is 37.8 Å². The molecule has 0 radical (unpaired) electrons. The van der Waals surface area contributed by atoms with Gasteiger partial charge in [-0.3, -0.25) is 4.99 Å². The number of pyridine rings is 1. The Morgan fingerprint density at radius 2 is 1.88 bits per heavy atom. The van der Waals surface area contributed by atoms with Crippen molar-refractivity contribution in [3.8, 4) is 0 Å². The Bertz CT molecular complexity index is 673. The summed E-state index contributed by atoms with van der Waals surface area (Å²) < 4.78 is 0. The number of hydrogen-bond donors (Lipinski definition) is 2. The Morgan fingerprint density at radius 1 is 1.12 bits per heavy atom. The number of rotatable bonds is 7. The minimum atomic E-state index is 0.441. The van der Waals surface area contributed by atoms with Crippen LogP contribution >= 0.6 is 11.8 Å². The summed E-state index contributed by atoms with van der Waals surface area (Å²) in [5, 5.41) is 7.14. The fourth-order valence-corrected chi connectivity index (χ4v) is 3.17. The Kier molecular flexibility index (Phi) is 7.60. The predicted octanol–water partition coefficient (Wildman–Crippen LogP) is 2.99. The molecule has 5 nitrogen and oxygen atoms in total. The van der Waals surface area contributed by atoms with E-state index in [2.05, 4.69) is 51.8 Å². The Morgan fingerprint density at radius 3 is 2.56 bits per heavy atom. The smallest absolute Gasteiger partial charge is 0.191 e. The first-order valence-corrected chi connectivity index (χ1v) is 9.26. The number of hydrogen-bond acceptors (Lipinski definition) is 4. The number of guanidine groups is 1. The highest BCUT2D eigenvalue weighted by molar-refractivity contribution is 8.00. The van der Waals surface area contributed by atoms with E-state index in [9.17, 15) is 0 Å². The van der Waals surface area contributed by atoms with Crippen molar-refractivity contribution in [3.05, 3.63) is 54.2 Å². The number of benzene rings is 1. The van der Waals surface area contributed by atoms with Crippen molar-refractivity contribution in [2.75, 3.05) is 32.6 Å². The number of aromatic nitrogens is 1. The van der Waals surface area contributed by atoms with E-state index in [0.29, 0.717) is 11.8 Å². The summed E-state index contributed by atoms with van der Waals surface area (Å²) >= 11 is 1.85. The number of thioether (sulfide) groups is 1. The molecule has 2 rings (SSSR count). The third-order valence-electron chi connectivity index (χ3n) is 3.55. The van der Waals surface area contributed by atoms with Gasteiger partial charge in [-0.05, 0) is 24.3 Å². The van der Waals surface area contributed by atoms with Crippen molar-refractivity contribution in [1.82, 2.24) is 15.6 Å². The fraction of sp³-hybridized carbons (Fsp3) is 0.368. The molecule has 1 aromatic carbocycles. The summed E-state index contributed by atoms with van der Waals surface area (Å²) in [6.07, 6.45) is 0. The van der Waals surface area contributed by atoms with Gasteiger partial charge in [0.15, 0.2) is 5.96 Å². The minimum Gasteiger partial charge on any atom is -0.363 e. The molecule has 25 heavy (non-hydrogen) atoms. The molecule has 0 bridgehead atoms. The number of aliphatic imine (C=N–C) groups is 1. The highest BCUT2D eigenvalue weighted by Gasteiger charge is 2.06. The predicted molar refractivity (Wildman–Crippen MR) is 109 cm³/mol. The maximum absolute atomic E-state index is 4.61. The third-order valence-corrected chi connectivity index (χ3v) is 4.66. The average Bonchev–Trinajstić information content (AvgIpc) is 2.63. The van der Waals surface area contributed by atoms with E-state index in [0.717, 1.165) is 24.0 Å². The zero-order valence-electron chi connectivity index (χ0n) is 15.4. The fourth-order valence-electron chi connectivity index (χ4n) is 2.22. The maximum atomic E-state index is 4.61. The molecule has 1 heterocycles. The minimum absolute atomic E-state index is 0.441. The van der Waals surface area contributed by atoms with E-state index in [1.807, 2.05) is 55.0 Å². The topological polar surface area (TPSA) is 52.6 Å². The zero-order valence-corrected chi connectivity index (χ0v) is 16.2. The zero-order chi connectivity index (χ0) is 18.1. The molecule has 0 aliphatic rings. The standard InChI is InChI=1S/C19H27N5S/c1-15(25-17-10-6-5-7-11-17)13-21-19(20-2)22-14-16-9-8-12-18(23-16)24(3)4/h5-12,15H,13-14H2,1-4H3,(H2,20,21,22). The molecule has 1 unspecified atom stereocenters. The van der Waals surface area contributed by atoms with Crippen LogP contribution in [0.15, 0.2) is 58.4 Å². The van der Waals surface area contributed by atoms with Crippen LogP contribution in [0.4, 0.5) is 5.82 Å². The lowest BCUT2D eigenvalue weighted by Gasteiger charge is -2.16. The van der Waals surface area contributed by atoms with E-state index in [1.165, 1.54) is 4.90 Å². The summed E-state index contributed by atoms with van der Waals surface area (Å²) in [5.41, 5.74) is 0.987.